The number of amides is 1. The molecule has 30 heavy (non-hydrogen) atoms. The summed E-state index contributed by atoms with van der Waals surface area (Å²) in [6.07, 6.45) is 0. The van der Waals surface area contributed by atoms with Gasteiger partial charge in [-0.1, -0.05) is 30.3 Å². The van der Waals surface area contributed by atoms with Crippen LogP contribution in [0, 0.1) is 0 Å². The van der Waals surface area contributed by atoms with Crippen LogP contribution in [0.2, 0.25) is 0 Å². The molecule has 2 N–H and O–H groups in total. The zero-order valence-electron chi connectivity index (χ0n) is 17.6. The summed E-state index contributed by atoms with van der Waals surface area (Å²) >= 11 is 0. The highest BCUT2D eigenvalue weighted by atomic mass is 32.2. The van der Waals surface area contributed by atoms with E-state index in [0.717, 1.165) is 16.5 Å². The van der Waals surface area contributed by atoms with Gasteiger partial charge in [-0.3, -0.25) is 4.79 Å². The van der Waals surface area contributed by atoms with Crippen molar-refractivity contribution in [3.05, 3.63) is 66.7 Å². The molecule has 1 amide bonds. The molecule has 0 aliphatic heterocycles. The molecule has 3 aromatic rings. The summed E-state index contributed by atoms with van der Waals surface area (Å²) in [6, 6.07) is 19.7. The maximum absolute atomic E-state index is 12.7. The molecule has 0 aromatic heterocycles. The Labute approximate surface area is 178 Å². The molecule has 0 spiro atoms. The minimum atomic E-state index is -3.56. The van der Waals surface area contributed by atoms with E-state index in [0.29, 0.717) is 5.69 Å². The van der Waals surface area contributed by atoms with Crippen LogP contribution in [-0.4, -0.2) is 33.5 Å². The molecule has 0 fully saturated rings. The number of hydrogen-bond donors (Lipinski definition) is 2. The Morgan fingerprint density at radius 3 is 2.17 bits per heavy atom. The maximum Gasteiger partial charge on any atom is 0.246 e. The lowest BCUT2D eigenvalue weighted by atomic mass is 10.1. The first-order valence-corrected chi connectivity index (χ1v) is 11.3. The number of nitrogens with one attached hydrogen (secondary N) is 2. The van der Waals surface area contributed by atoms with E-state index in [-0.39, 0.29) is 16.8 Å². The Balaban J connectivity index is 1.70. The highest BCUT2D eigenvalue weighted by Crippen LogP contribution is 2.23. The molecule has 0 unspecified atom stereocenters. The number of rotatable bonds is 7. The van der Waals surface area contributed by atoms with Gasteiger partial charge in [0.25, 0.3) is 0 Å². The fourth-order valence-corrected chi connectivity index (χ4v) is 4.39. The van der Waals surface area contributed by atoms with Crippen LogP contribution in [0.5, 0.6) is 0 Å². The summed E-state index contributed by atoms with van der Waals surface area (Å²) in [5, 5.41) is 5.11. The van der Waals surface area contributed by atoms with Gasteiger partial charge in [0.2, 0.25) is 15.9 Å². The molecule has 3 aromatic carbocycles. The third kappa shape index (κ3) is 4.98. The third-order valence-electron chi connectivity index (χ3n) is 4.92. The fraction of sp³-hybridized carbons (Fsp3) is 0.261. The SMILES string of the molecule is CC(C)NS(=O)(=O)c1ccc(NC(=O)[C@H](C)N(C)c2ccc3ccccc3c2)cc1. The number of sulfonamides is 1. The smallest absolute Gasteiger partial charge is 0.246 e. The standard InChI is InChI=1S/C23H27N3O3S/c1-16(2)25-30(28,29)22-13-10-20(11-14-22)24-23(27)17(3)26(4)21-12-9-18-7-5-6-8-19(18)15-21/h5-17,25H,1-4H3,(H,24,27)/t17-/m0/s1. The van der Waals surface area contributed by atoms with Gasteiger partial charge in [-0.2, -0.15) is 0 Å². The monoisotopic (exact) mass is 425 g/mol. The molecule has 0 saturated heterocycles. The molecule has 0 saturated carbocycles. The predicted molar refractivity (Wildman–Crippen MR) is 122 cm³/mol. The van der Waals surface area contributed by atoms with Gasteiger partial charge in [0.1, 0.15) is 6.04 Å². The molecule has 0 heterocycles. The Bertz CT molecular complexity index is 1140. The van der Waals surface area contributed by atoms with E-state index >= 15 is 0 Å². The van der Waals surface area contributed by atoms with Crippen LogP contribution < -0.4 is 14.9 Å². The quantitative estimate of drug-likeness (QED) is 0.600. The lowest BCUT2D eigenvalue weighted by Crippen LogP contribution is -2.39. The predicted octanol–water partition coefficient (Wildman–Crippen LogP) is 3.99. The van der Waals surface area contributed by atoms with Gasteiger partial charge < -0.3 is 10.2 Å². The van der Waals surface area contributed by atoms with Crippen LogP contribution in [-0.2, 0) is 14.8 Å². The van der Waals surface area contributed by atoms with Crippen molar-refractivity contribution in [2.45, 2.75) is 37.8 Å². The van der Waals surface area contributed by atoms with Crippen molar-refractivity contribution in [2.24, 2.45) is 0 Å². The average Bonchev–Trinajstić information content (AvgIpc) is 2.71. The summed E-state index contributed by atoms with van der Waals surface area (Å²) in [5.74, 6) is -0.179. The Morgan fingerprint density at radius 2 is 1.53 bits per heavy atom. The van der Waals surface area contributed by atoms with Gasteiger partial charge in [0.15, 0.2) is 0 Å². The first kappa shape index (κ1) is 21.8. The second-order valence-corrected chi connectivity index (χ2v) is 9.32. The van der Waals surface area contributed by atoms with Crippen molar-refractivity contribution in [1.82, 2.24) is 4.72 Å². The number of likely N-dealkylation sites (N-methyl/N-ethyl adjacent to an activating group) is 1. The van der Waals surface area contributed by atoms with Gasteiger partial charge in [-0.05, 0) is 67.9 Å². The molecule has 0 bridgehead atoms. The van der Waals surface area contributed by atoms with E-state index in [2.05, 4.69) is 22.2 Å². The highest BCUT2D eigenvalue weighted by molar-refractivity contribution is 7.89. The molecular formula is C23H27N3O3S. The number of nitrogens with zero attached hydrogens (tertiary/aromatic N) is 1. The van der Waals surface area contributed by atoms with Gasteiger partial charge in [0.05, 0.1) is 4.90 Å². The van der Waals surface area contributed by atoms with Gasteiger partial charge in [-0.25, -0.2) is 13.1 Å². The molecule has 0 aliphatic rings. The molecule has 0 radical (unpaired) electrons. The van der Waals surface area contributed by atoms with Crippen molar-refractivity contribution < 1.29 is 13.2 Å². The summed E-state index contributed by atoms with van der Waals surface area (Å²) in [5.41, 5.74) is 1.49. The topological polar surface area (TPSA) is 78.5 Å². The molecule has 1 atom stereocenters. The van der Waals surface area contributed by atoms with Gasteiger partial charge >= 0.3 is 0 Å². The molecule has 7 heteroatoms. The fourth-order valence-electron chi connectivity index (χ4n) is 3.14. The number of fused-ring (bicyclic) bond motifs is 1. The summed E-state index contributed by atoms with van der Waals surface area (Å²) in [4.78, 5) is 14.8. The Kier molecular flexibility index (Phi) is 6.43. The van der Waals surface area contributed by atoms with Gasteiger partial charge in [-0.15, -0.1) is 0 Å². The summed E-state index contributed by atoms with van der Waals surface area (Å²) in [6.45, 7) is 5.36. The maximum atomic E-state index is 12.7. The van der Waals surface area contributed by atoms with Crippen LogP contribution >= 0.6 is 0 Å². The van der Waals surface area contributed by atoms with E-state index in [1.807, 2.05) is 49.2 Å². The molecule has 3 rings (SSSR count). The normalized spacial score (nSPS) is 12.7. The van der Waals surface area contributed by atoms with Gasteiger partial charge in [0, 0.05) is 24.5 Å². The second kappa shape index (κ2) is 8.85. The van der Waals surface area contributed by atoms with E-state index in [4.69, 9.17) is 0 Å². The summed E-state index contributed by atoms with van der Waals surface area (Å²) in [7, 11) is -1.68. The van der Waals surface area contributed by atoms with Crippen LogP contribution in [0.3, 0.4) is 0 Å². The first-order valence-electron chi connectivity index (χ1n) is 9.82. The number of anilines is 2. The number of benzene rings is 3. The van der Waals surface area contributed by atoms with E-state index in [1.54, 1.807) is 26.0 Å². The van der Waals surface area contributed by atoms with E-state index in [9.17, 15) is 13.2 Å². The average molecular weight is 426 g/mol. The van der Waals surface area contributed by atoms with Crippen molar-refractivity contribution in [3.8, 4) is 0 Å². The first-order chi connectivity index (χ1) is 14.2. The molecule has 158 valence electrons. The minimum Gasteiger partial charge on any atom is -0.363 e. The largest absolute Gasteiger partial charge is 0.363 e. The van der Waals surface area contributed by atoms with Crippen molar-refractivity contribution >= 4 is 38.1 Å². The van der Waals surface area contributed by atoms with E-state index < -0.39 is 16.1 Å². The van der Waals surface area contributed by atoms with Crippen molar-refractivity contribution in [1.29, 1.82) is 0 Å². The minimum absolute atomic E-state index is 0.163. The molecule has 0 aliphatic carbocycles. The third-order valence-corrected chi connectivity index (χ3v) is 6.60. The lowest BCUT2D eigenvalue weighted by Gasteiger charge is -2.26. The molecule has 6 nitrogen and oxygen atoms in total. The zero-order chi connectivity index (χ0) is 21.9. The second-order valence-electron chi connectivity index (χ2n) is 7.61. The zero-order valence-corrected chi connectivity index (χ0v) is 18.4. The number of carbonyl (C=O) groups is 1. The van der Waals surface area contributed by atoms with E-state index in [1.165, 1.54) is 12.1 Å². The lowest BCUT2D eigenvalue weighted by molar-refractivity contribution is -0.117. The van der Waals surface area contributed by atoms with Crippen LogP contribution in [0.1, 0.15) is 20.8 Å². The summed E-state index contributed by atoms with van der Waals surface area (Å²) < 4.78 is 27.0. The Hall–Kier alpha value is -2.90. The van der Waals surface area contributed by atoms with Crippen molar-refractivity contribution in [2.75, 3.05) is 17.3 Å². The highest BCUT2D eigenvalue weighted by Gasteiger charge is 2.20. The number of carbonyl (C=O) groups excluding carboxylic acids is 1. The Morgan fingerprint density at radius 1 is 0.900 bits per heavy atom. The van der Waals surface area contributed by atoms with Crippen LogP contribution in [0.15, 0.2) is 71.6 Å². The number of hydrogen-bond acceptors (Lipinski definition) is 4. The van der Waals surface area contributed by atoms with Crippen LogP contribution in [0.25, 0.3) is 10.8 Å². The van der Waals surface area contributed by atoms with Crippen molar-refractivity contribution in [3.63, 3.8) is 0 Å². The molecular weight excluding hydrogens is 398 g/mol. The van der Waals surface area contributed by atoms with Crippen LogP contribution in [0.4, 0.5) is 11.4 Å².